The Balaban J connectivity index is 2.44. The van der Waals surface area contributed by atoms with Crippen molar-refractivity contribution in [3.05, 3.63) is 38.8 Å². The summed E-state index contributed by atoms with van der Waals surface area (Å²) in [7, 11) is 2.71. The summed E-state index contributed by atoms with van der Waals surface area (Å²) in [6.07, 6.45) is 0. The summed E-state index contributed by atoms with van der Waals surface area (Å²) >= 11 is 4.45. The number of amides is 2. The van der Waals surface area contributed by atoms with Crippen LogP contribution in [0.4, 0.5) is 0 Å². The third-order valence-electron chi connectivity index (χ3n) is 4.57. The van der Waals surface area contributed by atoms with Crippen LogP contribution in [-0.2, 0) is 19.1 Å². The Morgan fingerprint density at radius 2 is 2.06 bits per heavy atom. The standard InChI is InChI=1S/C21H24BrN3O5S/c1-11(2)9-24-16(26)10-31-20-13(8-23)17(18(19(27)25-20)21(28)30-4)12-5-6-15(29-3)14(22)7-12/h5-7,11,17-18H,9-10H2,1-4H3,(H,24,26)(H,25,27)/t17-,18+/m1/s1. The molecule has 0 saturated heterocycles. The van der Waals surface area contributed by atoms with Gasteiger partial charge >= 0.3 is 5.97 Å². The first kappa shape index (κ1) is 24.8. The average molecular weight is 510 g/mol. The van der Waals surface area contributed by atoms with Gasteiger partial charge in [0.25, 0.3) is 0 Å². The van der Waals surface area contributed by atoms with E-state index in [0.29, 0.717) is 28.2 Å². The van der Waals surface area contributed by atoms with Crippen LogP contribution in [0.3, 0.4) is 0 Å². The second-order valence-electron chi connectivity index (χ2n) is 7.20. The number of hydrogen-bond donors (Lipinski definition) is 2. The number of nitriles is 1. The fourth-order valence-corrected chi connectivity index (χ4v) is 4.50. The summed E-state index contributed by atoms with van der Waals surface area (Å²) in [4.78, 5) is 37.3. The van der Waals surface area contributed by atoms with Crippen molar-refractivity contribution >= 4 is 45.5 Å². The van der Waals surface area contributed by atoms with Gasteiger partial charge in [-0.15, -0.1) is 0 Å². The molecule has 8 nitrogen and oxygen atoms in total. The lowest BCUT2D eigenvalue weighted by Gasteiger charge is -2.31. The summed E-state index contributed by atoms with van der Waals surface area (Å²) in [5.41, 5.74) is 0.755. The van der Waals surface area contributed by atoms with E-state index in [9.17, 15) is 19.6 Å². The molecule has 0 fully saturated rings. The average Bonchev–Trinajstić information content (AvgIpc) is 2.74. The Labute approximate surface area is 193 Å². The summed E-state index contributed by atoms with van der Waals surface area (Å²) in [6.45, 7) is 4.49. The molecule has 0 aliphatic carbocycles. The van der Waals surface area contributed by atoms with Crippen LogP contribution in [0.2, 0.25) is 0 Å². The van der Waals surface area contributed by atoms with Crippen molar-refractivity contribution < 1.29 is 23.9 Å². The molecule has 31 heavy (non-hydrogen) atoms. The van der Waals surface area contributed by atoms with Crippen LogP contribution in [0.1, 0.15) is 25.3 Å². The molecule has 1 aliphatic heterocycles. The van der Waals surface area contributed by atoms with Gasteiger partial charge in [0.1, 0.15) is 11.7 Å². The first-order chi connectivity index (χ1) is 14.7. The highest BCUT2D eigenvalue weighted by Crippen LogP contribution is 2.41. The van der Waals surface area contributed by atoms with Crippen molar-refractivity contribution in [2.24, 2.45) is 11.8 Å². The van der Waals surface area contributed by atoms with Crippen LogP contribution in [0, 0.1) is 23.2 Å². The van der Waals surface area contributed by atoms with Gasteiger partial charge in [-0.3, -0.25) is 14.4 Å². The van der Waals surface area contributed by atoms with Crippen molar-refractivity contribution in [2.75, 3.05) is 26.5 Å². The molecule has 0 radical (unpaired) electrons. The lowest BCUT2D eigenvalue weighted by Crippen LogP contribution is -2.44. The fraction of sp³-hybridized carbons (Fsp3) is 0.429. The van der Waals surface area contributed by atoms with Crippen molar-refractivity contribution in [1.82, 2.24) is 10.6 Å². The molecule has 1 aliphatic rings. The quantitative estimate of drug-likeness (QED) is 0.408. The molecule has 2 amide bonds. The molecular formula is C21H24BrN3O5S. The predicted octanol–water partition coefficient (Wildman–Crippen LogP) is 2.70. The number of nitrogens with zero attached hydrogens (tertiary/aromatic N) is 1. The number of thioether (sulfide) groups is 1. The van der Waals surface area contributed by atoms with Gasteiger partial charge in [-0.25, -0.2) is 0 Å². The molecule has 166 valence electrons. The van der Waals surface area contributed by atoms with E-state index in [1.165, 1.54) is 14.2 Å². The van der Waals surface area contributed by atoms with Gasteiger partial charge in [0.15, 0.2) is 0 Å². The molecule has 2 rings (SSSR count). The molecule has 0 unspecified atom stereocenters. The van der Waals surface area contributed by atoms with E-state index in [1.54, 1.807) is 18.2 Å². The summed E-state index contributed by atoms with van der Waals surface area (Å²) in [6, 6.07) is 7.19. The first-order valence-corrected chi connectivity index (χ1v) is 11.3. The molecule has 0 aromatic heterocycles. The van der Waals surface area contributed by atoms with Crippen LogP contribution in [0.15, 0.2) is 33.3 Å². The number of carbonyl (C=O) groups excluding carboxylic acids is 3. The van der Waals surface area contributed by atoms with Gasteiger partial charge in [0.05, 0.1) is 41.1 Å². The topological polar surface area (TPSA) is 118 Å². The van der Waals surface area contributed by atoms with Gasteiger partial charge in [0.2, 0.25) is 11.8 Å². The van der Waals surface area contributed by atoms with Crippen LogP contribution >= 0.6 is 27.7 Å². The largest absolute Gasteiger partial charge is 0.496 e. The Morgan fingerprint density at radius 1 is 1.35 bits per heavy atom. The molecule has 1 heterocycles. The zero-order valence-electron chi connectivity index (χ0n) is 17.7. The Kier molecular flexibility index (Phi) is 8.95. The molecule has 0 saturated carbocycles. The zero-order valence-corrected chi connectivity index (χ0v) is 20.1. The third kappa shape index (κ3) is 6.02. The monoisotopic (exact) mass is 509 g/mol. The van der Waals surface area contributed by atoms with Crippen LogP contribution in [-0.4, -0.2) is 44.3 Å². The number of benzene rings is 1. The second kappa shape index (κ2) is 11.2. The lowest BCUT2D eigenvalue weighted by molar-refractivity contribution is -0.150. The van der Waals surface area contributed by atoms with E-state index >= 15 is 0 Å². The number of halogens is 1. The highest BCUT2D eigenvalue weighted by molar-refractivity contribution is 9.10. The van der Waals surface area contributed by atoms with Gasteiger partial charge in [-0.2, -0.15) is 5.26 Å². The predicted molar refractivity (Wildman–Crippen MR) is 120 cm³/mol. The van der Waals surface area contributed by atoms with E-state index < -0.39 is 23.7 Å². The minimum atomic E-state index is -1.24. The van der Waals surface area contributed by atoms with Gasteiger partial charge in [0, 0.05) is 12.5 Å². The Morgan fingerprint density at radius 3 is 2.61 bits per heavy atom. The molecule has 0 bridgehead atoms. The highest BCUT2D eigenvalue weighted by Gasteiger charge is 2.44. The maximum Gasteiger partial charge on any atom is 0.319 e. The van der Waals surface area contributed by atoms with Crippen LogP contribution < -0.4 is 15.4 Å². The van der Waals surface area contributed by atoms with E-state index in [2.05, 4.69) is 32.6 Å². The van der Waals surface area contributed by atoms with Crippen molar-refractivity contribution in [3.8, 4) is 11.8 Å². The summed E-state index contributed by atoms with van der Waals surface area (Å²) < 4.78 is 10.7. The number of rotatable bonds is 8. The minimum absolute atomic E-state index is 0.0232. The molecule has 10 heteroatoms. The van der Waals surface area contributed by atoms with Crippen molar-refractivity contribution in [1.29, 1.82) is 5.26 Å². The van der Waals surface area contributed by atoms with E-state index in [4.69, 9.17) is 9.47 Å². The van der Waals surface area contributed by atoms with Crippen LogP contribution in [0.25, 0.3) is 0 Å². The molecule has 1 aromatic rings. The number of carbonyl (C=O) groups is 3. The Hall–Kier alpha value is -2.51. The lowest BCUT2D eigenvalue weighted by atomic mass is 9.78. The third-order valence-corrected chi connectivity index (χ3v) is 6.21. The normalized spacial score (nSPS) is 18.3. The summed E-state index contributed by atoms with van der Waals surface area (Å²) in [5, 5.41) is 15.6. The molecule has 2 atom stereocenters. The van der Waals surface area contributed by atoms with E-state index in [-0.39, 0.29) is 22.3 Å². The smallest absolute Gasteiger partial charge is 0.319 e. The van der Waals surface area contributed by atoms with E-state index in [1.807, 2.05) is 13.8 Å². The van der Waals surface area contributed by atoms with Gasteiger partial charge in [-0.05, 0) is 39.5 Å². The first-order valence-electron chi connectivity index (χ1n) is 9.49. The van der Waals surface area contributed by atoms with Crippen molar-refractivity contribution in [3.63, 3.8) is 0 Å². The van der Waals surface area contributed by atoms with Gasteiger partial charge in [-0.1, -0.05) is 31.7 Å². The SMILES string of the molecule is COC(=O)[C@@H]1C(=O)NC(SCC(=O)NCC(C)C)=C(C#N)[C@H]1c1ccc(OC)c(Br)c1. The second-order valence-corrected chi connectivity index (χ2v) is 9.04. The number of methoxy groups -OCH3 is 2. The highest BCUT2D eigenvalue weighted by atomic mass is 79.9. The molecule has 1 aromatic carbocycles. The number of ether oxygens (including phenoxy) is 2. The summed E-state index contributed by atoms with van der Waals surface area (Å²) in [5.74, 6) is -2.76. The number of hydrogen-bond acceptors (Lipinski definition) is 7. The molecule has 2 N–H and O–H groups in total. The van der Waals surface area contributed by atoms with Crippen molar-refractivity contribution in [2.45, 2.75) is 19.8 Å². The molecular weight excluding hydrogens is 486 g/mol. The van der Waals surface area contributed by atoms with Crippen LogP contribution in [0.5, 0.6) is 5.75 Å². The number of esters is 1. The molecule has 0 spiro atoms. The number of nitrogens with one attached hydrogen (secondary N) is 2. The fourth-order valence-electron chi connectivity index (χ4n) is 3.06. The Bertz CT molecular complexity index is 941. The van der Waals surface area contributed by atoms with E-state index in [0.717, 1.165) is 11.8 Å². The van der Waals surface area contributed by atoms with Gasteiger partial charge < -0.3 is 20.1 Å². The zero-order chi connectivity index (χ0) is 23.1. The number of allylic oxidation sites excluding steroid dienone is 1. The maximum absolute atomic E-state index is 12.8. The maximum atomic E-state index is 12.8. The minimum Gasteiger partial charge on any atom is -0.496 e.